The fourth-order valence-corrected chi connectivity index (χ4v) is 4.15. The maximum Gasteiger partial charge on any atom is 0.287 e. The van der Waals surface area contributed by atoms with E-state index in [9.17, 15) is 4.79 Å². The number of nitrogens with one attached hydrogen (secondary N) is 2. The summed E-state index contributed by atoms with van der Waals surface area (Å²) in [6.45, 7) is 6.77. The first-order valence-corrected chi connectivity index (χ1v) is 8.06. The van der Waals surface area contributed by atoms with Gasteiger partial charge in [-0.15, -0.1) is 0 Å². The van der Waals surface area contributed by atoms with Gasteiger partial charge in [-0.1, -0.05) is 12.1 Å². The summed E-state index contributed by atoms with van der Waals surface area (Å²) in [4.78, 5) is 22.6. The quantitative estimate of drug-likeness (QED) is 0.893. The molecule has 1 aromatic heterocycles. The summed E-state index contributed by atoms with van der Waals surface area (Å²) in [7, 11) is 0. The fraction of sp³-hybridized carbons (Fsp3) is 0.529. The summed E-state index contributed by atoms with van der Waals surface area (Å²) >= 11 is 0. The lowest BCUT2D eigenvalue weighted by atomic mass is 9.72. The number of nitrogens with zero attached hydrogens (tertiary/aromatic N) is 2. The zero-order valence-corrected chi connectivity index (χ0v) is 13.1. The number of aromatic nitrogens is 2. The lowest BCUT2D eigenvalue weighted by Gasteiger charge is -2.56. The highest BCUT2D eigenvalue weighted by atomic mass is 16.2. The van der Waals surface area contributed by atoms with Gasteiger partial charge in [0, 0.05) is 11.6 Å². The topological polar surface area (TPSA) is 61.0 Å². The minimum Gasteiger partial charge on any atom is -0.345 e. The van der Waals surface area contributed by atoms with Gasteiger partial charge in [-0.05, 0) is 57.8 Å². The molecule has 1 amide bonds. The van der Waals surface area contributed by atoms with Crippen molar-refractivity contribution in [3.63, 3.8) is 0 Å². The number of benzene rings is 1. The molecule has 116 valence electrons. The Labute approximate surface area is 130 Å². The highest BCUT2D eigenvalue weighted by Crippen LogP contribution is 2.39. The molecule has 0 aliphatic carbocycles. The molecular formula is C17H22N4O. The summed E-state index contributed by atoms with van der Waals surface area (Å²) in [6.07, 6.45) is 2.35. The van der Waals surface area contributed by atoms with Crippen molar-refractivity contribution in [3.05, 3.63) is 30.1 Å². The zero-order valence-electron chi connectivity index (χ0n) is 13.1. The van der Waals surface area contributed by atoms with Crippen LogP contribution in [0.1, 0.15) is 37.3 Å². The Morgan fingerprint density at radius 3 is 2.73 bits per heavy atom. The predicted octanol–water partition coefficient (Wildman–Crippen LogP) is 2.17. The molecular weight excluding hydrogens is 276 g/mol. The number of hydrogen-bond acceptors (Lipinski definition) is 3. The summed E-state index contributed by atoms with van der Waals surface area (Å²) < 4.78 is 0. The maximum absolute atomic E-state index is 12.6. The van der Waals surface area contributed by atoms with Crippen LogP contribution in [0.4, 0.5) is 0 Å². The minimum atomic E-state index is -0.0944. The maximum atomic E-state index is 12.6. The van der Waals surface area contributed by atoms with Crippen LogP contribution >= 0.6 is 0 Å². The molecule has 3 fully saturated rings. The van der Waals surface area contributed by atoms with Crippen LogP contribution in [0.15, 0.2) is 24.3 Å². The van der Waals surface area contributed by atoms with E-state index in [1.54, 1.807) is 0 Å². The van der Waals surface area contributed by atoms with Crippen molar-refractivity contribution in [2.75, 3.05) is 13.1 Å². The number of imidazole rings is 1. The predicted molar refractivity (Wildman–Crippen MR) is 85.7 cm³/mol. The molecule has 1 atom stereocenters. The Morgan fingerprint density at radius 2 is 2.05 bits per heavy atom. The normalized spacial score (nSPS) is 29.6. The number of carbonyl (C=O) groups is 1. The van der Waals surface area contributed by atoms with Gasteiger partial charge in [0.2, 0.25) is 0 Å². The van der Waals surface area contributed by atoms with Crippen molar-refractivity contribution in [1.82, 2.24) is 20.2 Å². The number of amides is 1. The van der Waals surface area contributed by atoms with Gasteiger partial charge in [-0.3, -0.25) is 9.69 Å². The second-order valence-corrected chi connectivity index (χ2v) is 7.03. The van der Waals surface area contributed by atoms with Gasteiger partial charge in [0.05, 0.1) is 11.0 Å². The van der Waals surface area contributed by atoms with Crippen LogP contribution in [0.25, 0.3) is 11.0 Å². The fourth-order valence-electron chi connectivity index (χ4n) is 4.15. The molecule has 2 bridgehead atoms. The molecule has 5 rings (SSSR count). The number of fused-ring (bicyclic) bond motifs is 4. The third-order valence-electron chi connectivity index (χ3n) is 5.48. The van der Waals surface area contributed by atoms with Crippen LogP contribution in [0.3, 0.4) is 0 Å². The van der Waals surface area contributed by atoms with E-state index in [1.807, 2.05) is 24.3 Å². The van der Waals surface area contributed by atoms with Gasteiger partial charge >= 0.3 is 0 Å². The third-order valence-corrected chi connectivity index (χ3v) is 5.48. The van der Waals surface area contributed by atoms with E-state index < -0.39 is 0 Å². The molecule has 5 nitrogen and oxygen atoms in total. The average Bonchev–Trinajstić information content (AvgIpc) is 2.95. The molecule has 0 spiro atoms. The molecule has 2 aromatic rings. The average molecular weight is 298 g/mol. The summed E-state index contributed by atoms with van der Waals surface area (Å²) in [6, 6.07) is 7.92. The Bertz CT molecular complexity index is 679. The summed E-state index contributed by atoms with van der Waals surface area (Å²) in [5.41, 5.74) is 1.75. The zero-order chi connectivity index (χ0) is 15.3. The van der Waals surface area contributed by atoms with Crippen LogP contribution in [0.2, 0.25) is 0 Å². The molecule has 2 N–H and O–H groups in total. The van der Waals surface area contributed by atoms with Crippen LogP contribution in [0, 0.1) is 5.92 Å². The van der Waals surface area contributed by atoms with Crippen molar-refractivity contribution >= 4 is 16.9 Å². The van der Waals surface area contributed by atoms with E-state index in [0.717, 1.165) is 24.1 Å². The second kappa shape index (κ2) is 4.81. The number of hydrogen-bond donors (Lipinski definition) is 2. The van der Waals surface area contributed by atoms with E-state index in [1.165, 1.54) is 12.8 Å². The number of aromatic amines is 1. The molecule has 22 heavy (non-hydrogen) atoms. The molecule has 4 heterocycles. The van der Waals surface area contributed by atoms with Crippen molar-refractivity contribution in [2.24, 2.45) is 5.92 Å². The highest BCUT2D eigenvalue weighted by Gasteiger charge is 2.48. The van der Waals surface area contributed by atoms with Gasteiger partial charge in [0.15, 0.2) is 5.82 Å². The Morgan fingerprint density at radius 1 is 1.32 bits per heavy atom. The van der Waals surface area contributed by atoms with Crippen LogP contribution in [-0.2, 0) is 0 Å². The van der Waals surface area contributed by atoms with E-state index in [2.05, 4.69) is 34.0 Å². The summed E-state index contributed by atoms with van der Waals surface area (Å²) in [5, 5.41) is 3.24. The highest BCUT2D eigenvalue weighted by molar-refractivity contribution is 5.94. The van der Waals surface area contributed by atoms with Gasteiger partial charge in [0.1, 0.15) is 0 Å². The van der Waals surface area contributed by atoms with Gasteiger partial charge in [-0.25, -0.2) is 4.98 Å². The first-order chi connectivity index (χ1) is 10.6. The first-order valence-electron chi connectivity index (χ1n) is 8.06. The third kappa shape index (κ3) is 2.03. The van der Waals surface area contributed by atoms with Crippen molar-refractivity contribution in [2.45, 2.75) is 38.3 Å². The molecule has 5 heteroatoms. The molecule has 3 aliphatic heterocycles. The van der Waals surface area contributed by atoms with Crippen molar-refractivity contribution < 1.29 is 4.79 Å². The SMILES string of the molecule is CC1(C)[C@H](NC(=O)c2nc3ccccc3[nH]2)C2CCN1CC2. The number of para-hydroxylation sites is 2. The van der Waals surface area contributed by atoms with Crippen molar-refractivity contribution in [3.8, 4) is 0 Å². The largest absolute Gasteiger partial charge is 0.345 e. The van der Waals surface area contributed by atoms with Crippen LogP contribution < -0.4 is 5.32 Å². The molecule has 0 radical (unpaired) electrons. The Kier molecular flexibility index (Phi) is 3.01. The lowest BCUT2D eigenvalue weighted by molar-refractivity contribution is -0.0379. The second-order valence-electron chi connectivity index (χ2n) is 7.03. The molecule has 3 aliphatic rings. The summed E-state index contributed by atoms with van der Waals surface area (Å²) in [5.74, 6) is 0.893. The first kappa shape index (κ1) is 13.8. The molecule has 0 unspecified atom stereocenters. The molecule has 3 saturated heterocycles. The van der Waals surface area contributed by atoms with Crippen molar-refractivity contribution in [1.29, 1.82) is 0 Å². The monoisotopic (exact) mass is 298 g/mol. The van der Waals surface area contributed by atoms with Gasteiger partial charge < -0.3 is 10.3 Å². The van der Waals surface area contributed by atoms with E-state index >= 15 is 0 Å². The Hall–Kier alpha value is -1.88. The number of piperidine rings is 3. The number of carbonyl (C=O) groups excluding carboxylic acids is 1. The van der Waals surface area contributed by atoms with Crippen LogP contribution in [0.5, 0.6) is 0 Å². The number of H-pyrrole nitrogens is 1. The van der Waals surface area contributed by atoms with Gasteiger partial charge in [0.25, 0.3) is 5.91 Å². The van der Waals surface area contributed by atoms with E-state index in [-0.39, 0.29) is 17.5 Å². The minimum absolute atomic E-state index is 0.0167. The van der Waals surface area contributed by atoms with E-state index in [0.29, 0.717) is 11.7 Å². The smallest absolute Gasteiger partial charge is 0.287 e. The molecule has 1 aromatic carbocycles. The lowest BCUT2D eigenvalue weighted by Crippen LogP contribution is -2.69. The molecule has 0 saturated carbocycles. The standard InChI is InChI=1S/C17H22N4O/c1-17(2)14(11-7-9-21(17)10-8-11)20-16(22)15-18-12-5-3-4-6-13(12)19-15/h3-6,11,14H,7-10H2,1-2H3,(H,18,19)(H,20,22)/t14-/m1/s1. The van der Waals surface area contributed by atoms with Crippen LogP contribution in [-0.4, -0.2) is 45.4 Å². The number of rotatable bonds is 2. The Balaban J connectivity index is 1.58. The van der Waals surface area contributed by atoms with E-state index in [4.69, 9.17) is 0 Å². The van der Waals surface area contributed by atoms with Gasteiger partial charge in [-0.2, -0.15) is 0 Å².